The Hall–Kier alpha value is -0.590. The van der Waals surface area contributed by atoms with E-state index in [1.807, 2.05) is 19.1 Å². The molecular weight excluding hydrogens is 408 g/mol. The Kier molecular flexibility index (Phi) is 5.46. The zero-order chi connectivity index (χ0) is 14.7. The van der Waals surface area contributed by atoms with E-state index in [9.17, 15) is 0 Å². The molecule has 1 aromatic carbocycles. The third-order valence-electron chi connectivity index (χ3n) is 2.75. The van der Waals surface area contributed by atoms with Crippen LogP contribution in [0, 0.1) is 10.5 Å². The fraction of sp³-hybridized carbons (Fsp3) is 0.286. The second-order valence-electron chi connectivity index (χ2n) is 4.32. The van der Waals surface area contributed by atoms with Crippen LogP contribution in [0.3, 0.4) is 0 Å². The molecule has 0 unspecified atom stereocenters. The van der Waals surface area contributed by atoms with Gasteiger partial charge in [0.1, 0.15) is 5.82 Å². The van der Waals surface area contributed by atoms with Crippen LogP contribution in [0.5, 0.6) is 0 Å². The number of nitrogens with zero attached hydrogens (tertiary/aromatic N) is 2. The maximum atomic E-state index is 6.24. The zero-order valence-electron chi connectivity index (χ0n) is 11.2. The molecule has 0 saturated heterocycles. The van der Waals surface area contributed by atoms with Crippen LogP contribution in [-0.4, -0.2) is 16.5 Å². The van der Waals surface area contributed by atoms with Gasteiger partial charge in [0.05, 0.1) is 19.3 Å². The van der Waals surface area contributed by atoms with Crippen LogP contribution in [-0.2, 0) is 0 Å². The molecule has 1 heterocycles. The number of nitrogens with one attached hydrogen (secondary N) is 1. The number of benzene rings is 1. The summed E-state index contributed by atoms with van der Waals surface area (Å²) in [6, 6.07) is 5.47. The average Bonchev–Trinajstić information content (AvgIpc) is 2.43. The molecule has 2 rings (SSSR count). The van der Waals surface area contributed by atoms with Gasteiger partial charge < -0.3 is 5.32 Å². The van der Waals surface area contributed by atoms with Crippen LogP contribution >= 0.6 is 45.8 Å². The third kappa shape index (κ3) is 3.35. The lowest BCUT2D eigenvalue weighted by atomic mass is 10.2. The van der Waals surface area contributed by atoms with Crippen molar-refractivity contribution in [3.05, 3.63) is 37.5 Å². The third-order valence-corrected chi connectivity index (χ3v) is 4.86. The van der Waals surface area contributed by atoms with Crippen LogP contribution in [0.1, 0.15) is 19.0 Å². The lowest BCUT2D eigenvalue weighted by Crippen LogP contribution is -2.07. The summed E-state index contributed by atoms with van der Waals surface area (Å²) < 4.78 is 1.03. The molecule has 20 heavy (non-hydrogen) atoms. The summed E-state index contributed by atoms with van der Waals surface area (Å²) in [7, 11) is 0. The van der Waals surface area contributed by atoms with E-state index in [1.54, 1.807) is 6.07 Å². The standard InChI is InChI=1S/C14H14Cl2IN3/c1-3-7-18-14-12(17)8(2)19-13(20-14)9-5-4-6-10(15)11(9)16/h4-6H,3,7H2,1-2H3,(H,18,19,20). The predicted octanol–water partition coefficient (Wildman–Crippen LogP) is 5.19. The molecule has 0 aliphatic carbocycles. The molecule has 6 heteroatoms. The number of hydrogen-bond acceptors (Lipinski definition) is 3. The second kappa shape index (κ2) is 6.91. The molecule has 1 N–H and O–H groups in total. The molecule has 0 radical (unpaired) electrons. The van der Waals surface area contributed by atoms with Gasteiger partial charge in [-0.3, -0.25) is 0 Å². The van der Waals surface area contributed by atoms with E-state index in [1.165, 1.54) is 0 Å². The van der Waals surface area contributed by atoms with Crippen molar-refractivity contribution in [2.75, 3.05) is 11.9 Å². The molecular formula is C14H14Cl2IN3. The molecule has 2 aromatic rings. The second-order valence-corrected chi connectivity index (χ2v) is 6.19. The van der Waals surface area contributed by atoms with Gasteiger partial charge in [-0.2, -0.15) is 0 Å². The minimum Gasteiger partial charge on any atom is -0.369 e. The van der Waals surface area contributed by atoms with E-state index in [4.69, 9.17) is 23.2 Å². The summed E-state index contributed by atoms with van der Waals surface area (Å²) in [6.45, 7) is 4.94. The first-order valence-corrected chi connectivity index (χ1v) is 8.10. The van der Waals surface area contributed by atoms with Gasteiger partial charge in [-0.25, -0.2) is 9.97 Å². The topological polar surface area (TPSA) is 37.8 Å². The molecule has 0 bridgehead atoms. The van der Waals surface area contributed by atoms with Crippen LogP contribution in [0.15, 0.2) is 18.2 Å². The van der Waals surface area contributed by atoms with Crippen molar-refractivity contribution in [2.45, 2.75) is 20.3 Å². The Morgan fingerprint density at radius 3 is 2.70 bits per heavy atom. The van der Waals surface area contributed by atoms with Crippen molar-refractivity contribution in [1.82, 2.24) is 9.97 Å². The number of halogens is 3. The Bertz CT molecular complexity index is 632. The first kappa shape index (κ1) is 15.8. The average molecular weight is 422 g/mol. The SMILES string of the molecule is CCCNc1nc(-c2cccc(Cl)c2Cl)nc(C)c1I. The molecule has 3 nitrogen and oxygen atoms in total. The van der Waals surface area contributed by atoms with Gasteiger partial charge in [0, 0.05) is 12.1 Å². The van der Waals surface area contributed by atoms with E-state index in [2.05, 4.69) is 44.8 Å². The van der Waals surface area contributed by atoms with Crippen molar-refractivity contribution in [3.8, 4) is 11.4 Å². The van der Waals surface area contributed by atoms with Crippen LogP contribution in [0.25, 0.3) is 11.4 Å². The zero-order valence-corrected chi connectivity index (χ0v) is 14.8. The highest BCUT2D eigenvalue weighted by Crippen LogP contribution is 2.33. The Balaban J connectivity index is 2.52. The molecule has 1 aromatic heterocycles. The summed E-state index contributed by atoms with van der Waals surface area (Å²) >= 11 is 14.5. The van der Waals surface area contributed by atoms with E-state index >= 15 is 0 Å². The summed E-state index contributed by atoms with van der Waals surface area (Å²) in [6.07, 6.45) is 1.03. The van der Waals surface area contributed by atoms with E-state index in [-0.39, 0.29) is 0 Å². The van der Waals surface area contributed by atoms with E-state index in [0.29, 0.717) is 15.9 Å². The van der Waals surface area contributed by atoms with Crippen molar-refractivity contribution < 1.29 is 0 Å². The summed E-state index contributed by atoms with van der Waals surface area (Å²) in [4.78, 5) is 9.08. The maximum absolute atomic E-state index is 6.24. The van der Waals surface area contributed by atoms with Crippen molar-refractivity contribution >= 4 is 51.6 Å². The quantitative estimate of drug-likeness (QED) is 0.690. The number of aryl methyl sites for hydroxylation is 1. The van der Waals surface area contributed by atoms with Gasteiger partial charge in [0.2, 0.25) is 0 Å². The lowest BCUT2D eigenvalue weighted by molar-refractivity contribution is 0.958. The fourth-order valence-corrected chi connectivity index (χ4v) is 2.53. The number of hydrogen-bond donors (Lipinski definition) is 1. The molecule has 0 aliphatic heterocycles. The van der Waals surface area contributed by atoms with Crippen molar-refractivity contribution in [3.63, 3.8) is 0 Å². The van der Waals surface area contributed by atoms with Crippen molar-refractivity contribution in [2.24, 2.45) is 0 Å². The maximum Gasteiger partial charge on any atom is 0.163 e. The highest BCUT2D eigenvalue weighted by atomic mass is 127. The smallest absolute Gasteiger partial charge is 0.163 e. The molecule has 106 valence electrons. The van der Waals surface area contributed by atoms with Gasteiger partial charge in [-0.05, 0) is 48.1 Å². The minimum atomic E-state index is 0.483. The Morgan fingerprint density at radius 2 is 2.00 bits per heavy atom. The largest absolute Gasteiger partial charge is 0.369 e. The molecule has 0 amide bonds. The normalized spacial score (nSPS) is 10.7. The lowest BCUT2D eigenvalue weighted by Gasteiger charge is -2.12. The highest BCUT2D eigenvalue weighted by Gasteiger charge is 2.14. The fourth-order valence-electron chi connectivity index (χ4n) is 1.72. The minimum absolute atomic E-state index is 0.483. The summed E-state index contributed by atoms with van der Waals surface area (Å²) in [5, 5.41) is 4.30. The molecule has 0 fully saturated rings. The summed E-state index contributed by atoms with van der Waals surface area (Å²) in [5.74, 6) is 1.43. The molecule has 0 saturated carbocycles. The van der Waals surface area contributed by atoms with Crippen LogP contribution < -0.4 is 5.32 Å². The Morgan fingerprint density at radius 1 is 1.25 bits per heavy atom. The first-order valence-electron chi connectivity index (χ1n) is 6.27. The van der Waals surface area contributed by atoms with Gasteiger partial charge in [-0.1, -0.05) is 36.2 Å². The Labute approximate surface area is 142 Å². The van der Waals surface area contributed by atoms with Crippen molar-refractivity contribution in [1.29, 1.82) is 0 Å². The summed E-state index contributed by atoms with van der Waals surface area (Å²) in [5.41, 5.74) is 1.67. The molecule has 0 atom stereocenters. The monoisotopic (exact) mass is 421 g/mol. The van der Waals surface area contributed by atoms with Gasteiger partial charge >= 0.3 is 0 Å². The van der Waals surface area contributed by atoms with E-state index < -0.39 is 0 Å². The molecule has 0 spiro atoms. The number of rotatable bonds is 4. The number of aromatic nitrogens is 2. The van der Waals surface area contributed by atoms with E-state index in [0.717, 1.165) is 33.6 Å². The van der Waals surface area contributed by atoms with Gasteiger partial charge in [-0.15, -0.1) is 0 Å². The van der Waals surface area contributed by atoms with Crippen LogP contribution in [0.4, 0.5) is 5.82 Å². The molecule has 0 aliphatic rings. The highest BCUT2D eigenvalue weighted by molar-refractivity contribution is 14.1. The predicted molar refractivity (Wildman–Crippen MR) is 93.7 cm³/mol. The van der Waals surface area contributed by atoms with Gasteiger partial charge in [0.25, 0.3) is 0 Å². The number of anilines is 1. The van der Waals surface area contributed by atoms with Crippen LogP contribution in [0.2, 0.25) is 10.0 Å². The van der Waals surface area contributed by atoms with Gasteiger partial charge in [0.15, 0.2) is 5.82 Å². The first-order chi connectivity index (χ1) is 9.54.